The highest BCUT2D eigenvalue weighted by atomic mass is 16.2. The summed E-state index contributed by atoms with van der Waals surface area (Å²) in [6.45, 7) is 9.15. The molecule has 0 aromatic rings. The van der Waals surface area contributed by atoms with Gasteiger partial charge in [0.25, 0.3) is 0 Å². The van der Waals surface area contributed by atoms with E-state index in [1.54, 1.807) is 0 Å². The number of amides is 2. The standard InChI is InChI=1S/C14H28N4O/c1-4-17-9-6-13-12-16(8-5-7-15(2)3)10-11-18(13)14(17)19/h13H,4-12H2,1-3H3/t13-/m0/s1. The summed E-state index contributed by atoms with van der Waals surface area (Å²) in [6.07, 6.45) is 2.35. The smallest absolute Gasteiger partial charge is 0.320 e. The quantitative estimate of drug-likeness (QED) is 0.738. The van der Waals surface area contributed by atoms with Crippen molar-refractivity contribution >= 4 is 6.03 Å². The fourth-order valence-electron chi connectivity index (χ4n) is 3.11. The van der Waals surface area contributed by atoms with Gasteiger partial charge in [0.2, 0.25) is 0 Å². The van der Waals surface area contributed by atoms with Crippen LogP contribution in [-0.2, 0) is 0 Å². The third-order valence-corrected chi connectivity index (χ3v) is 4.28. The number of hydrogen-bond acceptors (Lipinski definition) is 3. The maximum absolute atomic E-state index is 12.2. The van der Waals surface area contributed by atoms with Crippen LogP contribution in [0.15, 0.2) is 0 Å². The molecule has 2 aliphatic heterocycles. The van der Waals surface area contributed by atoms with E-state index in [1.807, 2.05) is 4.90 Å². The first-order valence-corrected chi connectivity index (χ1v) is 7.54. The van der Waals surface area contributed by atoms with Crippen LogP contribution in [0.4, 0.5) is 4.79 Å². The van der Waals surface area contributed by atoms with E-state index in [0.29, 0.717) is 6.04 Å². The number of rotatable bonds is 5. The molecule has 5 nitrogen and oxygen atoms in total. The minimum absolute atomic E-state index is 0.256. The van der Waals surface area contributed by atoms with Gasteiger partial charge in [-0.25, -0.2) is 4.79 Å². The highest BCUT2D eigenvalue weighted by Crippen LogP contribution is 2.20. The molecule has 1 atom stereocenters. The predicted octanol–water partition coefficient (Wildman–Crippen LogP) is 0.770. The second-order valence-corrected chi connectivity index (χ2v) is 5.96. The monoisotopic (exact) mass is 268 g/mol. The predicted molar refractivity (Wildman–Crippen MR) is 77.4 cm³/mol. The fourth-order valence-corrected chi connectivity index (χ4v) is 3.11. The molecule has 110 valence electrons. The van der Waals surface area contributed by atoms with Crippen LogP contribution in [0.5, 0.6) is 0 Å². The Morgan fingerprint density at radius 3 is 2.74 bits per heavy atom. The topological polar surface area (TPSA) is 30.0 Å². The number of carbonyl (C=O) groups excluding carboxylic acids is 1. The van der Waals surface area contributed by atoms with E-state index in [4.69, 9.17) is 0 Å². The van der Waals surface area contributed by atoms with Gasteiger partial charge in [0, 0.05) is 38.8 Å². The van der Waals surface area contributed by atoms with Crippen molar-refractivity contribution in [2.45, 2.75) is 25.8 Å². The summed E-state index contributed by atoms with van der Waals surface area (Å²) in [7, 11) is 4.24. The van der Waals surface area contributed by atoms with E-state index < -0.39 is 0 Å². The molecule has 0 radical (unpaired) electrons. The Morgan fingerprint density at radius 1 is 1.26 bits per heavy atom. The lowest BCUT2D eigenvalue weighted by Gasteiger charge is -2.47. The van der Waals surface area contributed by atoms with Crippen molar-refractivity contribution in [1.29, 1.82) is 0 Å². The summed E-state index contributed by atoms with van der Waals surface area (Å²) >= 11 is 0. The molecule has 0 saturated carbocycles. The summed E-state index contributed by atoms with van der Waals surface area (Å²) in [4.78, 5) is 21.1. The van der Waals surface area contributed by atoms with Crippen molar-refractivity contribution in [2.24, 2.45) is 0 Å². The van der Waals surface area contributed by atoms with Crippen LogP contribution in [0, 0.1) is 0 Å². The molecular formula is C14H28N4O. The first-order chi connectivity index (χ1) is 9.11. The Labute approximate surface area is 117 Å². The van der Waals surface area contributed by atoms with Crippen molar-refractivity contribution in [3.8, 4) is 0 Å². The number of urea groups is 1. The Kier molecular flexibility index (Phi) is 5.05. The van der Waals surface area contributed by atoms with E-state index in [0.717, 1.165) is 52.2 Å². The molecule has 0 bridgehead atoms. The van der Waals surface area contributed by atoms with Crippen molar-refractivity contribution in [3.05, 3.63) is 0 Å². The summed E-state index contributed by atoms with van der Waals surface area (Å²) < 4.78 is 0. The Hall–Kier alpha value is -0.810. The summed E-state index contributed by atoms with van der Waals surface area (Å²) in [5.41, 5.74) is 0. The van der Waals surface area contributed by atoms with E-state index in [1.165, 1.54) is 6.42 Å². The average Bonchev–Trinajstić information content (AvgIpc) is 2.39. The number of carbonyl (C=O) groups is 1. The van der Waals surface area contributed by atoms with E-state index >= 15 is 0 Å². The average molecular weight is 268 g/mol. The number of fused-ring (bicyclic) bond motifs is 1. The fraction of sp³-hybridized carbons (Fsp3) is 0.929. The van der Waals surface area contributed by atoms with E-state index in [-0.39, 0.29) is 6.03 Å². The summed E-state index contributed by atoms with van der Waals surface area (Å²) in [6, 6.07) is 0.704. The van der Waals surface area contributed by atoms with Crippen LogP contribution in [0.3, 0.4) is 0 Å². The van der Waals surface area contributed by atoms with Gasteiger partial charge >= 0.3 is 6.03 Å². The Balaban J connectivity index is 1.80. The lowest BCUT2D eigenvalue weighted by atomic mass is 10.1. The number of nitrogens with zero attached hydrogens (tertiary/aromatic N) is 4. The molecule has 0 N–H and O–H groups in total. The minimum Gasteiger partial charge on any atom is -0.325 e. The lowest BCUT2D eigenvalue weighted by molar-refractivity contribution is 0.0446. The van der Waals surface area contributed by atoms with Gasteiger partial charge in [0.15, 0.2) is 0 Å². The molecule has 0 unspecified atom stereocenters. The van der Waals surface area contributed by atoms with Gasteiger partial charge in [-0.05, 0) is 47.0 Å². The van der Waals surface area contributed by atoms with E-state index in [2.05, 4.69) is 35.7 Å². The van der Waals surface area contributed by atoms with Gasteiger partial charge in [-0.3, -0.25) is 4.90 Å². The zero-order valence-corrected chi connectivity index (χ0v) is 12.6. The maximum Gasteiger partial charge on any atom is 0.320 e. The zero-order valence-electron chi connectivity index (χ0n) is 12.6. The Bertz CT molecular complexity index is 308. The van der Waals surface area contributed by atoms with E-state index in [9.17, 15) is 4.79 Å². The molecule has 19 heavy (non-hydrogen) atoms. The summed E-state index contributed by atoms with van der Waals surface area (Å²) in [5, 5.41) is 0. The molecule has 2 rings (SSSR count). The SMILES string of the molecule is CCN1CC[C@H]2CN(CCCN(C)C)CCN2C1=O. The molecule has 5 heteroatoms. The molecular weight excluding hydrogens is 240 g/mol. The van der Waals surface area contributed by atoms with Crippen LogP contribution in [-0.4, -0.2) is 91.6 Å². The van der Waals surface area contributed by atoms with Crippen LogP contribution < -0.4 is 0 Å². The van der Waals surface area contributed by atoms with Crippen molar-refractivity contribution < 1.29 is 4.79 Å². The molecule has 2 fully saturated rings. The second-order valence-electron chi connectivity index (χ2n) is 5.96. The molecule has 0 aliphatic carbocycles. The first-order valence-electron chi connectivity index (χ1n) is 7.54. The lowest BCUT2D eigenvalue weighted by Crippen LogP contribution is -2.62. The normalized spacial score (nSPS) is 25.1. The van der Waals surface area contributed by atoms with Crippen molar-refractivity contribution in [1.82, 2.24) is 19.6 Å². The van der Waals surface area contributed by atoms with Gasteiger partial charge in [0.05, 0.1) is 0 Å². The molecule has 2 saturated heterocycles. The maximum atomic E-state index is 12.2. The van der Waals surface area contributed by atoms with Crippen LogP contribution in [0.2, 0.25) is 0 Å². The largest absolute Gasteiger partial charge is 0.325 e. The van der Waals surface area contributed by atoms with Gasteiger partial charge in [-0.15, -0.1) is 0 Å². The first kappa shape index (κ1) is 14.6. The minimum atomic E-state index is 0.256. The second kappa shape index (κ2) is 6.57. The van der Waals surface area contributed by atoms with Crippen molar-refractivity contribution in [3.63, 3.8) is 0 Å². The van der Waals surface area contributed by atoms with Crippen molar-refractivity contribution in [2.75, 3.05) is 59.9 Å². The van der Waals surface area contributed by atoms with Crippen LogP contribution in [0.1, 0.15) is 19.8 Å². The van der Waals surface area contributed by atoms with Crippen LogP contribution >= 0.6 is 0 Å². The van der Waals surface area contributed by atoms with Gasteiger partial charge < -0.3 is 14.7 Å². The van der Waals surface area contributed by atoms with Gasteiger partial charge in [-0.1, -0.05) is 0 Å². The van der Waals surface area contributed by atoms with Gasteiger partial charge in [-0.2, -0.15) is 0 Å². The highest BCUT2D eigenvalue weighted by molar-refractivity contribution is 5.75. The third kappa shape index (κ3) is 3.60. The highest BCUT2D eigenvalue weighted by Gasteiger charge is 2.36. The molecule has 0 aromatic carbocycles. The Morgan fingerprint density at radius 2 is 2.05 bits per heavy atom. The molecule has 2 amide bonds. The molecule has 2 aliphatic rings. The zero-order chi connectivity index (χ0) is 13.8. The molecule has 2 heterocycles. The van der Waals surface area contributed by atoms with Gasteiger partial charge in [0.1, 0.15) is 0 Å². The number of piperazine rings is 1. The number of hydrogen-bond donors (Lipinski definition) is 0. The van der Waals surface area contributed by atoms with Crippen LogP contribution in [0.25, 0.3) is 0 Å². The molecule has 0 aromatic heterocycles. The summed E-state index contributed by atoms with van der Waals surface area (Å²) in [5.74, 6) is 0. The molecule has 0 spiro atoms. The third-order valence-electron chi connectivity index (χ3n) is 4.28.